The molecule has 7 heteroatoms. The molecule has 0 N–H and O–H groups in total. The second-order valence-electron chi connectivity index (χ2n) is 5.98. The Labute approximate surface area is 141 Å². The van der Waals surface area contributed by atoms with Crippen LogP contribution < -0.4 is 9.80 Å². The third-order valence-electron chi connectivity index (χ3n) is 3.61. The van der Waals surface area contributed by atoms with Crippen LogP contribution in [0.1, 0.15) is 13.8 Å². The lowest BCUT2D eigenvalue weighted by Gasteiger charge is -2.29. The summed E-state index contributed by atoms with van der Waals surface area (Å²) in [5.74, 6) is -0.269. The van der Waals surface area contributed by atoms with Gasteiger partial charge in [-0.15, -0.1) is 0 Å². The Balaban J connectivity index is 2.16. The highest BCUT2D eigenvalue weighted by Gasteiger charge is 2.21. The molecule has 1 aromatic rings. The summed E-state index contributed by atoms with van der Waals surface area (Å²) in [5, 5.41) is 0. The number of amides is 1. The summed E-state index contributed by atoms with van der Waals surface area (Å²) >= 11 is 0. The van der Waals surface area contributed by atoms with Gasteiger partial charge < -0.3 is 19.2 Å². The number of carbonyl (C=O) groups is 2. The number of halogens is 1. The van der Waals surface area contributed by atoms with Crippen LogP contribution in [0.25, 0.3) is 0 Å². The molecule has 132 valence electrons. The van der Waals surface area contributed by atoms with E-state index in [-0.39, 0.29) is 19.1 Å². The number of aldehydes is 1. The van der Waals surface area contributed by atoms with E-state index in [1.54, 1.807) is 12.1 Å². The first kappa shape index (κ1) is 18.2. The van der Waals surface area contributed by atoms with Gasteiger partial charge in [-0.05, 0) is 24.1 Å². The second kappa shape index (κ2) is 8.63. The lowest BCUT2D eigenvalue weighted by atomic mass is 10.2. The molecule has 1 fully saturated rings. The maximum atomic E-state index is 14.5. The monoisotopic (exact) mass is 338 g/mol. The molecule has 0 atom stereocenters. The van der Waals surface area contributed by atoms with Crippen LogP contribution in [0.3, 0.4) is 0 Å². The Morgan fingerprint density at radius 1 is 1.42 bits per heavy atom. The molecule has 1 aromatic carbocycles. The Kier molecular flexibility index (Phi) is 6.54. The molecular weight excluding hydrogens is 315 g/mol. The van der Waals surface area contributed by atoms with Gasteiger partial charge in [-0.2, -0.15) is 0 Å². The molecule has 0 spiro atoms. The molecule has 0 saturated carbocycles. The average molecular weight is 338 g/mol. The largest absolute Gasteiger partial charge is 0.449 e. The van der Waals surface area contributed by atoms with Crippen molar-refractivity contribution in [2.24, 2.45) is 5.92 Å². The zero-order valence-electron chi connectivity index (χ0n) is 14.0. The van der Waals surface area contributed by atoms with Gasteiger partial charge in [-0.25, -0.2) is 9.18 Å². The zero-order valence-corrected chi connectivity index (χ0v) is 14.0. The van der Waals surface area contributed by atoms with E-state index in [9.17, 15) is 14.0 Å². The molecule has 24 heavy (non-hydrogen) atoms. The van der Waals surface area contributed by atoms with Crippen molar-refractivity contribution in [2.75, 3.05) is 49.3 Å². The van der Waals surface area contributed by atoms with E-state index in [0.717, 1.165) is 4.90 Å². The SMILES string of the molecule is CC(C)COC(=O)N(CC=O)c1ccc(N2CCOCC2)c(F)c1. The van der Waals surface area contributed by atoms with E-state index in [1.807, 2.05) is 18.7 Å². The van der Waals surface area contributed by atoms with Crippen LogP contribution >= 0.6 is 0 Å². The minimum atomic E-state index is -0.658. The molecule has 1 amide bonds. The average Bonchev–Trinajstić information content (AvgIpc) is 2.58. The van der Waals surface area contributed by atoms with E-state index in [2.05, 4.69) is 0 Å². The van der Waals surface area contributed by atoms with Crippen molar-refractivity contribution in [3.8, 4) is 0 Å². The molecule has 0 aliphatic carbocycles. The van der Waals surface area contributed by atoms with Crippen molar-refractivity contribution in [1.29, 1.82) is 0 Å². The number of carbonyl (C=O) groups excluding carboxylic acids is 2. The zero-order chi connectivity index (χ0) is 17.5. The van der Waals surface area contributed by atoms with E-state index in [4.69, 9.17) is 9.47 Å². The first-order valence-electron chi connectivity index (χ1n) is 8.03. The molecule has 1 aliphatic heterocycles. The van der Waals surface area contributed by atoms with Crippen LogP contribution in [0.5, 0.6) is 0 Å². The van der Waals surface area contributed by atoms with Crippen molar-refractivity contribution >= 4 is 23.8 Å². The fourth-order valence-electron chi connectivity index (χ4n) is 2.40. The smallest absolute Gasteiger partial charge is 0.414 e. The summed E-state index contributed by atoms with van der Waals surface area (Å²) in [4.78, 5) is 26.0. The van der Waals surface area contributed by atoms with Gasteiger partial charge in [0.1, 0.15) is 12.1 Å². The van der Waals surface area contributed by atoms with Crippen molar-refractivity contribution < 1.29 is 23.5 Å². The Bertz CT molecular complexity index is 574. The molecule has 1 aliphatic rings. The number of rotatable bonds is 6. The standard InChI is InChI=1S/C17H23FN2O4/c1-13(2)12-24-17(22)20(5-8-21)14-3-4-16(15(18)11-14)19-6-9-23-10-7-19/h3-4,8,11,13H,5-7,9-10,12H2,1-2H3. The van der Waals surface area contributed by atoms with Crippen LogP contribution in [-0.4, -0.2) is 51.8 Å². The Hall–Kier alpha value is -2.15. The van der Waals surface area contributed by atoms with Gasteiger partial charge >= 0.3 is 6.09 Å². The van der Waals surface area contributed by atoms with Gasteiger partial charge in [0.2, 0.25) is 0 Å². The normalized spacial score (nSPS) is 14.6. The van der Waals surface area contributed by atoms with Crippen molar-refractivity contribution in [2.45, 2.75) is 13.8 Å². The number of hydrogen-bond donors (Lipinski definition) is 0. The number of nitrogens with zero attached hydrogens (tertiary/aromatic N) is 2. The third-order valence-corrected chi connectivity index (χ3v) is 3.61. The minimum Gasteiger partial charge on any atom is -0.449 e. The van der Waals surface area contributed by atoms with Gasteiger partial charge in [-0.3, -0.25) is 4.90 Å². The van der Waals surface area contributed by atoms with Gasteiger partial charge in [-0.1, -0.05) is 13.8 Å². The summed E-state index contributed by atoms with van der Waals surface area (Å²) in [6, 6.07) is 4.49. The molecule has 0 bridgehead atoms. The maximum Gasteiger partial charge on any atom is 0.414 e. The van der Waals surface area contributed by atoms with Gasteiger partial charge in [0.15, 0.2) is 0 Å². The van der Waals surface area contributed by atoms with E-state index >= 15 is 0 Å². The lowest BCUT2D eigenvalue weighted by molar-refractivity contribution is -0.106. The molecule has 0 radical (unpaired) electrons. The highest BCUT2D eigenvalue weighted by Crippen LogP contribution is 2.26. The summed E-state index contributed by atoms with van der Waals surface area (Å²) in [7, 11) is 0. The quantitative estimate of drug-likeness (QED) is 0.746. The second-order valence-corrected chi connectivity index (χ2v) is 5.98. The summed E-state index contributed by atoms with van der Waals surface area (Å²) < 4.78 is 24.9. The minimum absolute atomic E-state index is 0.174. The maximum absolute atomic E-state index is 14.5. The van der Waals surface area contributed by atoms with Gasteiger partial charge in [0, 0.05) is 13.1 Å². The third kappa shape index (κ3) is 4.67. The summed E-state index contributed by atoms with van der Waals surface area (Å²) in [6.07, 6.45) is -0.0703. The molecule has 0 aromatic heterocycles. The number of anilines is 2. The molecule has 1 heterocycles. The molecule has 0 unspecified atom stereocenters. The van der Waals surface area contributed by atoms with Crippen LogP contribution in [0.4, 0.5) is 20.6 Å². The number of hydrogen-bond acceptors (Lipinski definition) is 5. The van der Waals surface area contributed by atoms with E-state index in [0.29, 0.717) is 44.0 Å². The van der Waals surface area contributed by atoms with Crippen LogP contribution in [0.2, 0.25) is 0 Å². The number of benzene rings is 1. The number of ether oxygens (including phenoxy) is 2. The first-order valence-corrected chi connectivity index (χ1v) is 8.03. The van der Waals surface area contributed by atoms with Gasteiger partial charge in [0.25, 0.3) is 0 Å². The molecule has 1 saturated heterocycles. The molecule has 6 nitrogen and oxygen atoms in total. The van der Waals surface area contributed by atoms with E-state index in [1.165, 1.54) is 6.07 Å². The fourth-order valence-corrected chi connectivity index (χ4v) is 2.40. The van der Waals surface area contributed by atoms with Crippen LogP contribution in [0, 0.1) is 11.7 Å². The number of morpholine rings is 1. The highest BCUT2D eigenvalue weighted by molar-refractivity contribution is 5.91. The van der Waals surface area contributed by atoms with Crippen molar-refractivity contribution in [1.82, 2.24) is 0 Å². The predicted octanol–water partition coefficient (Wildman–Crippen LogP) is 2.46. The first-order chi connectivity index (χ1) is 11.5. The van der Waals surface area contributed by atoms with Gasteiger partial charge in [0.05, 0.1) is 37.7 Å². The van der Waals surface area contributed by atoms with Crippen LogP contribution in [0.15, 0.2) is 18.2 Å². The highest BCUT2D eigenvalue weighted by atomic mass is 19.1. The van der Waals surface area contributed by atoms with E-state index < -0.39 is 11.9 Å². The van der Waals surface area contributed by atoms with Crippen molar-refractivity contribution in [3.05, 3.63) is 24.0 Å². The predicted molar refractivity (Wildman–Crippen MR) is 89.0 cm³/mol. The van der Waals surface area contributed by atoms with Crippen molar-refractivity contribution in [3.63, 3.8) is 0 Å². The summed E-state index contributed by atoms with van der Waals surface area (Å²) in [5.41, 5.74) is 0.758. The fraction of sp³-hybridized carbons (Fsp3) is 0.529. The Morgan fingerprint density at radius 3 is 2.71 bits per heavy atom. The topological polar surface area (TPSA) is 59.1 Å². The summed E-state index contributed by atoms with van der Waals surface area (Å²) in [6.45, 7) is 6.22. The Morgan fingerprint density at radius 2 is 2.12 bits per heavy atom. The molecular formula is C17H23FN2O4. The lowest BCUT2D eigenvalue weighted by Crippen LogP contribution is -2.37. The molecule has 2 rings (SSSR count). The van der Waals surface area contributed by atoms with Crippen LogP contribution in [-0.2, 0) is 14.3 Å².